The van der Waals surface area contributed by atoms with E-state index in [1.165, 1.54) is 16.8 Å². The highest BCUT2D eigenvalue weighted by atomic mass is 28.4. The second-order valence-electron chi connectivity index (χ2n) is 5.34. The van der Waals surface area contributed by atoms with E-state index >= 15 is 0 Å². The summed E-state index contributed by atoms with van der Waals surface area (Å²) in [5.41, 5.74) is 0. The predicted octanol–water partition coefficient (Wildman–Crippen LogP) is 3.11. The summed E-state index contributed by atoms with van der Waals surface area (Å²) in [6, 6.07) is 22.7. The molecule has 0 radical (unpaired) electrons. The summed E-state index contributed by atoms with van der Waals surface area (Å²) in [4.78, 5) is 0. The van der Waals surface area contributed by atoms with Gasteiger partial charge in [0.1, 0.15) is 0 Å². The lowest BCUT2D eigenvalue weighted by Gasteiger charge is -2.39. The van der Waals surface area contributed by atoms with Gasteiger partial charge < -0.3 is 4.43 Å². The Morgan fingerprint density at radius 1 is 0.950 bits per heavy atom. The Morgan fingerprint density at radius 3 is 2.00 bits per heavy atom. The summed E-state index contributed by atoms with van der Waals surface area (Å²) < 4.78 is 6.62. The summed E-state index contributed by atoms with van der Waals surface area (Å²) in [6.45, 7) is 3.93. The molecule has 1 aliphatic heterocycles. The molecule has 1 nitrogen and oxygen atoms in total. The molecule has 20 heavy (non-hydrogen) atoms. The van der Waals surface area contributed by atoms with Crippen molar-refractivity contribution >= 4 is 18.7 Å². The largest absolute Gasteiger partial charge is 0.402 e. The number of rotatable bonds is 3. The van der Waals surface area contributed by atoms with Crippen LogP contribution in [0, 0.1) is 0 Å². The highest BCUT2D eigenvalue weighted by molar-refractivity contribution is 6.97. The highest BCUT2D eigenvalue weighted by Crippen LogP contribution is 2.26. The maximum absolute atomic E-state index is 6.62. The van der Waals surface area contributed by atoms with Gasteiger partial charge in [-0.2, -0.15) is 0 Å². The summed E-state index contributed by atoms with van der Waals surface area (Å²) >= 11 is 0. The van der Waals surface area contributed by atoms with Crippen LogP contribution in [0.2, 0.25) is 6.04 Å². The molecule has 1 saturated heterocycles. The highest BCUT2D eigenvalue weighted by Gasteiger charge is 2.43. The molecule has 0 saturated carbocycles. The van der Waals surface area contributed by atoms with Crippen LogP contribution in [0.1, 0.15) is 12.8 Å². The van der Waals surface area contributed by atoms with Crippen LogP contribution in [0.4, 0.5) is 0 Å². The van der Waals surface area contributed by atoms with E-state index in [-0.39, 0.29) is 6.10 Å². The van der Waals surface area contributed by atoms with Gasteiger partial charge in [-0.1, -0.05) is 73.2 Å². The minimum Gasteiger partial charge on any atom is -0.402 e. The van der Waals surface area contributed by atoms with E-state index in [4.69, 9.17) is 4.43 Å². The molecule has 1 unspecified atom stereocenters. The summed E-state index contributed by atoms with van der Waals surface area (Å²) in [5.74, 6) is 0. The number of hydrogen-bond donors (Lipinski definition) is 0. The quantitative estimate of drug-likeness (QED) is 0.620. The predicted molar refractivity (Wildman–Crippen MR) is 87.0 cm³/mol. The van der Waals surface area contributed by atoms with Crippen molar-refractivity contribution in [2.75, 3.05) is 0 Å². The van der Waals surface area contributed by atoms with Gasteiger partial charge in [-0.3, -0.25) is 0 Å². The van der Waals surface area contributed by atoms with Crippen LogP contribution in [-0.2, 0) is 4.43 Å². The zero-order valence-corrected chi connectivity index (χ0v) is 12.7. The van der Waals surface area contributed by atoms with Crippen molar-refractivity contribution in [3.8, 4) is 0 Å². The Kier molecular flexibility index (Phi) is 3.85. The maximum Gasteiger partial charge on any atom is 0.256 e. The molecule has 0 spiro atoms. The molecule has 1 heterocycles. The molecule has 2 aromatic rings. The molecule has 3 rings (SSSR count). The normalized spacial score (nSPS) is 21.3. The SMILES string of the molecule is C=CC1CCC[Si](c2ccccc2)(c2ccccc2)O1. The Morgan fingerprint density at radius 2 is 1.50 bits per heavy atom. The fourth-order valence-corrected chi connectivity index (χ4v) is 7.30. The molecule has 2 heteroatoms. The molecule has 1 atom stereocenters. The third kappa shape index (κ3) is 2.37. The third-order valence-corrected chi connectivity index (χ3v) is 8.41. The zero-order chi connectivity index (χ0) is 13.8. The van der Waals surface area contributed by atoms with E-state index in [9.17, 15) is 0 Å². The van der Waals surface area contributed by atoms with Crippen molar-refractivity contribution in [3.05, 3.63) is 73.3 Å². The summed E-state index contributed by atoms with van der Waals surface area (Å²) in [6.07, 6.45) is 4.47. The molecular formula is C18H20OSi. The fraction of sp³-hybridized carbons (Fsp3) is 0.222. The maximum atomic E-state index is 6.62. The third-order valence-electron chi connectivity index (χ3n) is 4.11. The van der Waals surface area contributed by atoms with Crippen molar-refractivity contribution in [2.45, 2.75) is 25.0 Å². The standard InChI is InChI=1S/C18H20OSi/c1-2-16-10-9-15-20(19-16,17-11-5-3-6-12-17)18-13-7-4-8-14-18/h2-8,11-14,16H,1,9-10,15H2. The van der Waals surface area contributed by atoms with Crippen molar-refractivity contribution in [2.24, 2.45) is 0 Å². The average molecular weight is 280 g/mol. The molecule has 0 amide bonds. The van der Waals surface area contributed by atoms with Gasteiger partial charge in [-0.15, -0.1) is 6.58 Å². The molecule has 1 fully saturated rings. The first-order chi connectivity index (χ1) is 9.85. The van der Waals surface area contributed by atoms with Crippen LogP contribution in [-0.4, -0.2) is 14.4 Å². The van der Waals surface area contributed by atoms with Gasteiger partial charge in [0.25, 0.3) is 8.32 Å². The monoisotopic (exact) mass is 280 g/mol. The number of hydrogen-bond acceptors (Lipinski definition) is 1. The van der Waals surface area contributed by atoms with Crippen LogP contribution >= 0.6 is 0 Å². The second-order valence-corrected chi connectivity index (χ2v) is 8.89. The van der Waals surface area contributed by atoms with Crippen LogP contribution in [0.5, 0.6) is 0 Å². The van der Waals surface area contributed by atoms with E-state index in [0.717, 1.165) is 12.5 Å². The molecule has 102 valence electrons. The van der Waals surface area contributed by atoms with Gasteiger partial charge in [-0.25, -0.2) is 0 Å². The average Bonchev–Trinajstić information content (AvgIpc) is 2.56. The number of benzene rings is 2. The Hall–Kier alpha value is -1.64. The Bertz CT molecular complexity index is 525. The van der Waals surface area contributed by atoms with Crippen LogP contribution in [0.3, 0.4) is 0 Å². The van der Waals surface area contributed by atoms with E-state index in [1.807, 2.05) is 6.08 Å². The van der Waals surface area contributed by atoms with E-state index in [0.29, 0.717) is 0 Å². The van der Waals surface area contributed by atoms with Gasteiger partial charge in [0, 0.05) is 0 Å². The zero-order valence-electron chi connectivity index (χ0n) is 11.7. The Balaban J connectivity index is 2.10. The first-order valence-electron chi connectivity index (χ1n) is 7.26. The molecular weight excluding hydrogens is 260 g/mol. The first kappa shape index (κ1) is 13.3. The van der Waals surface area contributed by atoms with Crippen molar-refractivity contribution in [1.29, 1.82) is 0 Å². The first-order valence-corrected chi connectivity index (χ1v) is 9.38. The van der Waals surface area contributed by atoms with Crippen molar-refractivity contribution in [3.63, 3.8) is 0 Å². The van der Waals surface area contributed by atoms with Gasteiger partial charge in [0.15, 0.2) is 0 Å². The van der Waals surface area contributed by atoms with Gasteiger partial charge in [0.2, 0.25) is 0 Å². The van der Waals surface area contributed by atoms with E-state index in [1.54, 1.807) is 0 Å². The van der Waals surface area contributed by atoms with Crippen LogP contribution in [0.25, 0.3) is 0 Å². The van der Waals surface area contributed by atoms with Crippen molar-refractivity contribution in [1.82, 2.24) is 0 Å². The molecule has 1 aliphatic rings. The lowest BCUT2D eigenvalue weighted by atomic mass is 10.2. The fourth-order valence-electron chi connectivity index (χ4n) is 3.10. The minimum absolute atomic E-state index is 0.191. The minimum atomic E-state index is -2.09. The van der Waals surface area contributed by atoms with E-state index < -0.39 is 8.32 Å². The summed E-state index contributed by atoms with van der Waals surface area (Å²) in [5, 5.41) is 2.75. The molecule has 0 aromatic heterocycles. The van der Waals surface area contributed by atoms with Crippen LogP contribution < -0.4 is 10.4 Å². The Labute approximate surface area is 122 Å². The molecule has 0 bridgehead atoms. The lowest BCUT2D eigenvalue weighted by molar-refractivity contribution is 0.213. The summed E-state index contributed by atoms with van der Waals surface area (Å²) in [7, 11) is -2.09. The van der Waals surface area contributed by atoms with Crippen LogP contribution in [0.15, 0.2) is 73.3 Å². The van der Waals surface area contributed by atoms with Gasteiger partial charge in [0.05, 0.1) is 6.10 Å². The molecule has 0 N–H and O–H groups in total. The lowest BCUT2D eigenvalue weighted by Crippen LogP contribution is -2.63. The molecule has 2 aromatic carbocycles. The topological polar surface area (TPSA) is 9.23 Å². The van der Waals surface area contributed by atoms with Gasteiger partial charge >= 0.3 is 0 Å². The second kappa shape index (κ2) is 5.78. The van der Waals surface area contributed by atoms with Crippen molar-refractivity contribution < 1.29 is 4.43 Å². The smallest absolute Gasteiger partial charge is 0.256 e. The molecule has 0 aliphatic carbocycles. The van der Waals surface area contributed by atoms with Gasteiger partial charge in [-0.05, 0) is 22.8 Å². The van der Waals surface area contributed by atoms with E-state index in [2.05, 4.69) is 67.2 Å².